The Labute approximate surface area is 134 Å². The number of pyridine rings is 2. The Hall–Kier alpha value is -2.67. The van der Waals surface area contributed by atoms with Gasteiger partial charge in [0.25, 0.3) is 0 Å². The molecule has 0 aliphatic carbocycles. The molecule has 0 unspecified atom stereocenters. The molecule has 1 aliphatic rings. The van der Waals surface area contributed by atoms with E-state index in [1.165, 1.54) is 0 Å². The molecule has 23 heavy (non-hydrogen) atoms. The number of hydrogen-bond donors (Lipinski definition) is 2. The van der Waals surface area contributed by atoms with Crippen LogP contribution in [0.25, 0.3) is 0 Å². The number of hydrogen-bond acceptors (Lipinski definition) is 5. The fraction of sp³-hybridized carbons (Fsp3) is 0.312. The van der Waals surface area contributed by atoms with Crippen LogP contribution in [0.3, 0.4) is 0 Å². The highest BCUT2D eigenvalue weighted by atomic mass is 16.5. The van der Waals surface area contributed by atoms with E-state index in [1.54, 1.807) is 30.7 Å². The predicted molar refractivity (Wildman–Crippen MR) is 87.4 cm³/mol. The highest BCUT2D eigenvalue weighted by molar-refractivity contribution is 5.88. The minimum atomic E-state index is -0.261. The fourth-order valence-corrected chi connectivity index (χ4v) is 2.33. The molecule has 1 fully saturated rings. The average Bonchev–Trinajstić information content (AvgIpc) is 2.62. The zero-order chi connectivity index (χ0) is 15.9. The van der Waals surface area contributed by atoms with E-state index in [9.17, 15) is 4.79 Å². The van der Waals surface area contributed by atoms with Crippen molar-refractivity contribution in [3.63, 3.8) is 0 Å². The molecule has 0 radical (unpaired) electrons. The molecule has 7 heteroatoms. The van der Waals surface area contributed by atoms with Crippen molar-refractivity contribution in [2.45, 2.75) is 6.54 Å². The average molecular weight is 313 g/mol. The van der Waals surface area contributed by atoms with Gasteiger partial charge in [0.2, 0.25) is 0 Å². The first-order chi connectivity index (χ1) is 11.3. The molecule has 1 aliphatic heterocycles. The zero-order valence-corrected chi connectivity index (χ0v) is 12.7. The second-order valence-corrected chi connectivity index (χ2v) is 5.17. The van der Waals surface area contributed by atoms with E-state index < -0.39 is 0 Å². The van der Waals surface area contributed by atoms with Crippen LogP contribution in [0.15, 0.2) is 42.9 Å². The Bertz CT molecular complexity index is 644. The summed E-state index contributed by atoms with van der Waals surface area (Å²) >= 11 is 0. The molecule has 120 valence electrons. The molecule has 1 saturated heterocycles. The maximum Gasteiger partial charge on any atom is 0.319 e. The number of urea groups is 1. The minimum Gasteiger partial charge on any atom is -0.378 e. The Morgan fingerprint density at radius 3 is 2.91 bits per heavy atom. The Balaban J connectivity index is 1.54. The molecule has 0 atom stereocenters. The quantitative estimate of drug-likeness (QED) is 0.897. The van der Waals surface area contributed by atoms with E-state index in [2.05, 4.69) is 25.5 Å². The number of nitrogens with zero attached hydrogens (tertiary/aromatic N) is 3. The van der Waals surface area contributed by atoms with Crippen LogP contribution < -0.4 is 15.5 Å². The third kappa shape index (κ3) is 4.40. The van der Waals surface area contributed by atoms with Gasteiger partial charge in [-0.15, -0.1) is 0 Å². The zero-order valence-electron chi connectivity index (χ0n) is 12.7. The smallest absolute Gasteiger partial charge is 0.319 e. The first kappa shape index (κ1) is 15.2. The van der Waals surface area contributed by atoms with Gasteiger partial charge in [-0.25, -0.2) is 9.78 Å². The van der Waals surface area contributed by atoms with E-state index in [1.807, 2.05) is 12.1 Å². The molecule has 2 amide bonds. The van der Waals surface area contributed by atoms with Gasteiger partial charge in [-0.1, -0.05) is 0 Å². The van der Waals surface area contributed by atoms with Gasteiger partial charge in [0.1, 0.15) is 5.82 Å². The van der Waals surface area contributed by atoms with Crippen molar-refractivity contribution in [1.82, 2.24) is 15.3 Å². The molecular weight excluding hydrogens is 294 g/mol. The van der Waals surface area contributed by atoms with Gasteiger partial charge in [-0.3, -0.25) is 4.98 Å². The highest BCUT2D eigenvalue weighted by Gasteiger charge is 2.12. The van der Waals surface area contributed by atoms with Crippen molar-refractivity contribution in [1.29, 1.82) is 0 Å². The molecular formula is C16H19N5O2. The van der Waals surface area contributed by atoms with Crippen LogP contribution in [0, 0.1) is 0 Å². The largest absolute Gasteiger partial charge is 0.378 e. The van der Waals surface area contributed by atoms with Crippen LogP contribution in [0.5, 0.6) is 0 Å². The standard InChI is InChI=1S/C16H19N5O2/c22-16(20-14-2-1-4-17-12-14)19-11-13-3-5-18-15(10-13)21-6-8-23-9-7-21/h1-5,10,12H,6-9,11H2,(H2,19,20,22). The Kier molecular flexibility index (Phi) is 5.00. The first-order valence-electron chi connectivity index (χ1n) is 7.54. The molecule has 3 heterocycles. The van der Waals surface area contributed by atoms with Crippen molar-refractivity contribution in [3.8, 4) is 0 Å². The number of amides is 2. The third-order valence-electron chi connectivity index (χ3n) is 3.52. The summed E-state index contributed by atoms with van der Waals surface area (Å²) in [5, 5.41) is 5.56. The van der Waals surface area contributed by atoms with E-state index in [-0.39, 0.29) is 6.03 Å². The summed E-state index contributed by atoms with van der Waals surface area (Å²) < 4.78 is 5.35. The van der Waals surface area contributed by atoms with Gasteiger partial charge >= 0.3 is 6.03 Å². The van der Waals surface area contributed by atoms with Crippen LogP contribution in [0.4, 0.5) is 16.3 Å². The van der Waals surface area contributed by atoms with Crippen molar-refractivity contribution in [2.24, 2.45) is 0 Å². The summed E-state index contributed by atoms with van der Waals surface area (Å²) in [6, 6.07) is 7.19. The highest BCUT2D eigenvalue weighted by Crippen LogP contribution is 2.14. The third-order valence-corrected chi connectivity index (χ3v) is 3.52. The normalized spacial score (nSPS) is 14.3. The fourth-order valence-electron chi connectivity index (χ4n) is 2.33. The molecule has 2 aromatic rings. The SMILES string of the molecule is O=C(NCc1ccnc(N2CCOCC2)c1)Nc1cccnc1. The van der Waals surface area contributed by atoms with Crippen LogP contribution >= 0.6 is 0 Å². The number of nitrogens with one attached hydrogen (secondary N) is 2. The van der Waals surface area contributed by atoms with Gasteiger partial charge in [0.05, 0.1) is 25.1 Å². The second kappa shape index (κ2) is 7.55. The second-order valence-electron chi connectivity index (χ2n) is 5.17. The lowest BCUT2D eigenvalue weighted by atomic mass is 10.2. The maximum absolute atomic E-state index is 11.9. The van der Waals surface area contributed by atoms with E-state index in [0.29, 0.717) is 12.2 Å². The number of aromatic nitrogens is 2. The molecule has 0 aromatic carbocycles. The lowest BCUT2D eigenvalue weighted by Crippen LogP contribution is -2.36. The maximum atomic E-state index is 11.9. The number of carbonyl (C=O) groups excluding carboxylic acids is 1. The topological polar surface area (TPSA) is 79.4 Å². The predicted octanol–water partition coefficient (Wildman–Crippen LogP) is 1.63. The summed E-state index contributed by atoms with van der Waals surface area (Å²) in [7, 11) is 0. The minimum absolute atomic E-state index is 0.261. The molecule has 2 aromatic heterocycles. The number of anilines is 2. The van der Waals surface area contributed by atoms with Gasteiger partial charge in [-0.2, -0.15) is 0 Å². The van der Waals surface area contributed by atoms with Gasteiger partial charge in [0.15, 0.2) is 0 Å². The molecule has 0 spiro atoms. The number of morpholine rings is 1. The van der Waals surface area contributed by atoms with Gasteiger partial charge in [-0.05, 0) is 29.8 Å². The van der Waals surface area contributed by atoms with Crippen molar-refractivity contribution < 1.29 is 9.53 Å². The van der Waals surface area contributed by atoms with Gasteiger partial charge < -0.3 is 20.3 Å². The summed E-state index contributed by atoms with van der Waals surface area (Å²) in [5.74, 6) is 0.917. The van der Waals surface area contributed by atoms with Crippen molar-refractivity contribution in [3.05, 3.63) is 48.4 Å². The molecule has 0 bridgehead atoms. The lowest BCUT2D eigenvalue weighted by Gasteiger charge is -2.28. The summed E-state index contributed by atoms with van der Waals surface area (Å²) in [6.45, 7) is 3.55. The number of ether oxygens (including phenoxy) is 1. The van der Waals surface area contributed by atoms with E-state index in [4.69, 9.17) is 4.74 Å². The molecule has 7 nitrogen and oxygen atoms in total. The van der Waals surface area contributed by atoms with Crippen LogP contribution in [-0.4, -0.2) is 42.3 Å². The van der Waals surface area contributed by atoms with Crippen molar-refractivity contribution >= 4 is 17.5 Å². The lowest BCUT2D eigenvalue weighted by molar-refractivity contribution is 0.122. The Morgan fingerprint density at radius 1 is 1.26 bits per heavy atom. The summed E-state index contributed by atoms with van der Waals surface area (Å²) in [5.41, 5.74) is 1.66. The van der Waals surface area contributed by atoms with Crippen LogP contribution in [-0.2, 0) is 11.3 Å². The number of rotatable bonds is 4. The Morgan fingerprint density at radius 2 is 2.13 bits per heavy atom. The molecule has 3 rings (SSSR count). The van der Waals surface area contributed by atoms with E-state index in [0.717, 1.165) is 37.7 Å². The van der Waals surface area contributed by atoms with Crippen LogP contribution in [0.1, 0.15) is 5.56 Å². The van der Waals surface area contributed by atoms with E-state index >= 15 is 0 Å². The van der Waals surface area contributed by atoms with Crippen molar-refractivity contribution in [2.75, 3.05) is 36.5 Å². The monoisotopic (exact) mass is 313 g/mol. The van der Waals surface area contributed by atoms with Crippen LogP contribution in [0.2, 0.25) is 0 Å². The molecule has 0 saturated carbocycles. The summed E-state index contributed by atoms with van der Waals surface area (Å²) in [4.78, 5) is 22.4. The van der Waals surface area contributed by atoms with Gasteiger partial charge in [0, 0.05) is 32.0 Å². The number of carbonyl (C=O) groups is 1. The molecule has 2 N–H and O–H groups in total. The summed E-state index contributed by atoms with van der Waals surface area (Å²) in [6.07, 6.45) is 5.02. The first-order valence-corrected chi connectivity index (χ1v) is 7.54.